The molecule has 0 spiro atoms. The van der Waals surface area contributed by atoms with Crippen molar-refractivity contribution in [1.29, 1.82) is 0 Å². The van der Waals surface area contributed by atoms with Crippen LogP contribution in [-0.2, 0) is 34.1 Å². The van der Waals surface area contributed by atoms with E-state index in [1.165, 1.54) is 36.0 Å². The number of hydrogen-bond donors (Lipinski definition) is 0. The van der Waals surface area contributed by atoms with Gasteiger partial charge in [0.15, 0.2) is 0 Å². The molecule has 20 radical (unpaired) electrons. The molecule has 178 valence electrons. The Morgan fingerprint density at radius 3 is 0.765 bits per heavy atom. The molecule has 0 nitrogen and oxygen atoms in total. The quantitative estimate of drug-likeness (QED) is 0.183. The summed E-state index contributed by atoms with van der Waals surface area (Å²) in [6.45, 7) is 9.90. The first kappa shape index (κ1) is 32.1. The van der Waals surface area contributed by atoms with E-state index in [1.807, 2.05) is 0 Å². The minimum absolute atomic E-state index is 0. The topological polar surface area (TPSA) is 0 Å². The van der Waals surface area contributed by atoms with E-state index in [1.54, 1.807) is 0 Å². The summed E-state index contributed by atoms with van der Waals surface area (Å²) in [7, 11) is -0.330. The molecular weight excluding hydrogens is 534 g/mol. The Hall–Kier alpha value is 1.90. The average molecular weight is 570 g/mol. The zero-order valence-corrected chi connectivity index (χ0v) is 24.6. The van der Waals surface area contributed by atoms with Gasteiger partial charge >= 0.3 is 34.1 Å². The van der Waals surface area contributed by atoms with Crippen LogP contribution >= 0.6 is 15.8 Å². The van der Waals surface area contributed by atoms with Gasteiger partial charge in [0.25, 0.3) is 0 Å². The summed E-state index contributed by atoms with van der Waals surface area (Å²) < 4.78 is 0. The summed E-state index contributed by atoms with van der Waals surface area (Å²) in [5, 5.41) is 0. The summed E-state index contributed by atoms with van der Waals surface area (Å²) in [6.07, 6.45) is 39.0. The molecule has 0 bridgehead atoms. The van der Waals surface area contributed by atoms with Gasteiger partial charge in [0, 0.05) is 0 Å². The Labute approximate surface area is 237 Å². The predicted octanol–water partition coefficient (Wildman–Crippen LogP) is 7.12. The Bertz CT molecular complexity index is 442. The van der Waals surface area contributed by atoms with Crippen molar-refractivity contribution in [2.24, 2.45) is 0 Å². The van der Waals surface area contributed by atoms with Crippen molar-refractivity contribution in [3.63, 3.8) is 0 Å². The summed E-state index contributed by atoms with van der Waals surface area (Å²) >= 11 is 0. The van der Waals surface area contributed by atoms with E-state index < -0.39 is 0 Å². The molecule has 0 aromatic carbocycles. The van der Waals surface area contributed by atoms with Gasteiger partial charge in [-0.1, -0.05) is 43.5 Å². The first-order valence-corrected chi connectivity index (χ1v) is 15.3. The van der Waals surface area contributed by atoms with Gasteiger partial charge in [-0.3, -0.25) is 0 Å². The Morgan fingerprint density at radius 2 is 0.588 bits per heavy atom. The van der Waals surface area contributed by atoms with Gasteiger partial charge in [0.1, 0.15) is 0 Å². The van der Waals surface area contributed by atoms with E-state index in [0.29, 0.717) is 22.6 Å². The van der Waals surface area contributed by atoms with Crippen LogP contribution in [0.1, 0.15) is 27.7 Å². The van der Waals surface area contributed by atoms with Gasteiger partial charge < -0.3 is 0 Å². The maximum atomic E-state index is 2.48. The third kappa shape index (κ3) is 8.20. The molecule has 0 N–H and O–H groups in total. The van der Waals surface area contributed by atoms with Gasteiger partial charge in [0.2, 0.25) is 0 Å². The molecule has 0 amide bonds. The van der Waals surface area contributed by atoms with E-state index in [0.717, 1.165) is 0 Å². The maximum absolute atomic E-state index is 2.48. The zero-order chi connectivity index (χ0) is 22.5. The molecule has 0 aromatic heterocycles. The van der Waals surface area contributed by atoms with E-state index in [2.05, 4.69) is 130 Å². The predicted molar refractivity (Wildman–Crippen MR) is 143 cm³/mol. The summed E-state index contributed by atoms with van der Waals surface area (Å²) in [6, 6.07) is 0. The van der Waals surface area contributed by atoms with Crippen LogP contribution in [0.2, 0.25) is 0 Å². The van der Waals surface area contributed by atoms with Crippen molar-refractivity contribution in [1.82, 2.24) is 0 Å². The van der Waals surface area contributed by atoms with E-state index in [4.69, 9.17) is 0 Å². The molecule has 4 aliphatic rings. The van der Waals surface area contributed by atoms with Crippen LogP contribution in [0.15, 0.2) is 0 Å². The molecule has 0 aromatic rings. The first-order chi connectivity index (χ1) is 15.6. The van der Waals surface area contributed by atoms with Gasteiger partial charge in [-0.25, -0.2) is 0 Å². The van der Waals surface area contributed by atoms with Crippen LogP contribution < -0.4 is 0 Å². The Balaban J connectivity index is 0.00000204. The molecule has 34 heavy (non-hydrogen) atoms. The summed E-state index contributed by atoms with van der Waals surface area (Å²) in [4.78, 5) is 0. The third-order valence-corrected chi connectivity index (χ3v) is 14.3. The largest absolute Gasteiger partial charge is 2.00 e. The molecule has 4 aliphatic carbocycles. The molecule has 0 heterocycles. The first-order valence-electron chi connectivity index (χ1n) is 11.9. The fraction of sp³-hybridized carbons (Fsp3) is 0.333. The third-order valence-electron chi connectivity index (χ3n) is 7.29. The number of hydrogen-bond acceptors (Lipinski definition) is 0. The van der Waals surface area contributed by atoms with Crippen molar-refractivity contribution in [2.75, 3.05) is 12.3 Å². The Morgan fingerprint density at radius 1 is 0.412 bits per heavy atom. The van der Waals surface area contributed by atoms with Gasteiger partial charge in [-0.15, -0.1) is 0 Å². The molecule has 4 rings (SSSR count). The van der Waals surface area contributed by atoms with Crippen LogP contribution in [0, 0.1) is 126 Å². The monoisotopic (exact) mass is 570 g/mol. The van der Waals surface area contributed by atoms with Gasteiger partial charge in [0.05, 0.1) is 0 Å². The van der Waals surface area contributed by atoms with E-state index >= 15 is 0 Å². The fourth-order valence-electron chi connectivity index (χ4n) is 5.11. The number of rotatable bonds is 11. The average Bonchev–Trinajstić information content (AvgIpc) is 3.62. The van der Waals surface area contributed by atoms with Crippen molar-refractivity contribution < 1.29 is 34.1 Å². The maximum Gasteiger partial charge on any atom is 2.00 e. The molecule has 4 atom stereocenters. The second kappa shape index (κ2) is 16.1. The smallest absolute Gasteiger partial charge is 0.0993 e. The normalized spacial score (nSPS) is 26.6. The van der Waals surface area contributed by atoms with E-state index in [-0.39, 0.29) is 50.0 Å². The van der Waals surface area contributed by atoms with Crippen molar-refractivity contribution in [3.05, 3.63) is 126 Å². The van der Waals surface area contributed by atoms with Gasteiger partial charge in [-0.05, 0) is 161 Å². The molecule has 0 saturated heterocycles. The SMILES string of the molecule is C[C@@H]([C]1[CH][CH][CH][CH]1)P(CCP([C@@H](C)[C]1[CH][CH][CH][CH]1)[C@@H](C)[C]1[CH][CH][CH][CH]1)[C@@H](C)[C]1[CH][CH][CH][CH]1.[Fe+2].[Fe+2]. The van der Waals surface area contributed by atoms with Crippen LogP contribution in [0.4, 0.5) is 0 Å². The van der Waals surface area contributed by atoms with Crippen LogP contribution in [0.5, 0.6) is 0 Å². The van der Waals surface area contributed by atoms with Crippen LogP contribution in [0.3, 0.4) is 0 Å². The van der Waals surface area contributed by atoms with Crippen molar-refractivity contribution >= 4 is 15.8 Å². The molecular formula is C30H36Fe2P2+4. The molecule has 4 heteroatoms. The van der Waals surface area contributed by atoms with Crippen molar-refractivity contribution in [2.45, 2.75) is 50.3 Å². The van der Waals surface area contributed by atoms with Crippen molar-refractivity contribution in [3.8, 4) is 0 Å². The molecule has 0 aliphatic heterocycles. The minimum atomic E-state index is -0.165. The van der Waals surface area contributed by atoms with Crippen LogP contribution in [0.25, 0.3) is 0 Å². The standard InChI is InChI=1S/C30H36P2.2Fe/c1-23(27-13-5-6-14-27)31(24(2)28-15-7-8-16-28)21-22-32(25(3)29-17-9-10-18-29)26(4)30-19-11-12-20-30;;/h5-20,23-26H,21-22H2,1-4H3;;/q;2*+2/t23-,24-,25-,26-;;/m0../s1. The minimum Gasteiger partial charge on any atom is -0.0993 e. The molecule has 4 fully saturated rings. The van der Waals surface area contributed by atoms with E-state index in [9.17, 15) is 0 Å². The zero-order valence-electron chi connectivity index (χ0n) is 20.6. The second-order valence-corrected chi connectivity index (χ2v) is 15.1. The molecule has 4 saturated carbocycles. The second-order valence-electron chi connectivity index (χ2n) is 9.05. The summed E-state index contributed by atoms with van der Waals surface area (Å²) in [5.74, 6) is 6.08. The van der Waals surface area contributed by atoms with Gasteiger partial charge in [-0.2, -0.15) is 0 Å². The fourth-order valence-corrected chi connectivity index (χ4v) is 12.1. The van der Waals surface area contributed by atoms with Crippen LogP contribution in [-0.4, -0.2) is 35.0 Å². The molecule has 0 unspecified atom stereocenters. The Kier molecular flexibility index (Phi) is 15.2. The summed E-state index contributed by atoms with van der Waals surface area (Å²) in [5.41, 5.74) is 2.52.